The summed E-state index contributed by atoms with van der Waals surface area (Å²) in [4.78, 5) is 26.2. The number of carboxylic acids is 1. The fourth-order valence-corrected chi connectivity index (χ4v) is 2.24. The van der Waals surface area contributed by atoms with Gasteiger partial charge in [0.15, 0.2) is 0 Å². The summed E-state index contributed by atoms with van der Waals surface area (Å²) in [6.07, 6.45) is 1.56. The first kappa shape index (κ1) is 13.0. The van der Waals surface area contributed by atoms with Crippen molar-refractivity contribution in [3.8, 4) is 0 Å². The zero-order valence-electron chi connectivity index (χ0n) is 11.3. The number of hydrogen-bond donors (Lipinski definition) is 3. The molecule has 6 heteroatoms. The largest absolute Gasteiger partial charge is 0.477 e. The standard InChI is InChI=1S/C15H13N3O3/c1-18-8-10(7-13(18)15(20)21)16-14(19)12-6-9-4-2-3-5-11(9)17-12/h2-8,17H,1H3,(H,16,19)(H,20,21). The number of carbonyl (C=O) groups excluding carboxylic acids is 1. The number of fused-ring (bicyclic) bond motifs is 1. The molecule has 0 radical (unpaired) electrons. The van der Waals surface area contributed by atoms with Crippen LogP contribution in [-0.2, 0) is 7.05 Å². The van der Waals surface area contributed by atoms with Crippen LogP contribution in [0.5, 0.6) is 0 Å². The minimum absolute atomic E-state index is 0.113. The van der Waals surface area contributed by atoms with Gasteiger partial charge in [-0.25, -0.2) is 4.79 Å². The molecule has 2 heterocycles. The molecule has 0 fully saturated rings. The van der Waals surface area contributed by atoms with Crippen LogP contribution >= 0.6 is 0 Å². The molecule has 3 N–H and O–H groups in total. The quantitative estimate of drug-likeness (QED) is 0.690. The SMILES string of the molecule is Cn1cc(NC(=O)c2cc3ccccc3[nH]2)cc1C(=O)O. The van der Waals surface area contributed by atoms with E-state index in [-0.39, 0.29) is 11.6 Å². The molecule has 6 nitrogen and oxygen atoms in total. The minimum atomic E-state index is -1.04. The van der Waals surface area contributed by atoms with Crippen LogP contribution in [0.15, 0.2) is 42.6 Å². The van der Waals surface area contributed by atoms with Crippen molar-refractivity contribution >= 4 is 28.5 Å². The maximum absolute atomic E-state index is 12.2. The lowest BCUT2D eigenvalue weighted by molar-refractivity contribution is 0.0686. The highest BCUT2D eigenvalue weighted by molar-refractivity contribution is 6.06. The molecule has 0 aliphatic carbocycles. The second kappa shape index (κ2) is 4.82. The van der Waals surface area contributed by atoms with Crippen LogP contribution in [0, 0.1) is 0 Å². The number of para-hydroxylation sites is 1. The number of aromatic carboxylic acids is 1. The number of anilines is 1. The second-order valence-electron chi connectivity index (χ2n) is 4.75. The van der Waals surface area contributed by atoms with Crippen LogP contribution in [0.25, 0.3) is 10.9 Å². The predicted octanol–water partition coefficient (Wildman–Crippen LogP) is 2.46. The Hall–Kier alpha value is -3.02. The monoisotopic (exact) mass is 283 g/mol. The molecule has 0 saturated carbocycles. The molecule has 21 heavy (non-hydrogen) atoms. The zero-order valence-corrected chi connectivity index (χ0v) is 11.3. The van der Waals surface area contributed by atoms with E-state index in [9.17, 15) is 9.59 Å². The Balaban J connectivity index is 1.86. The molecule has 3 aromatic rings. The third kappa shape index (κ3) is 2.38. The van der Waals surface area contributed by atoms with E-state index in [0.717, 1.165) is 10.9 Å². The zero-order chi connectivity index (χ0) is 15.0. The third-order valence-electron chi connectivity index (χ3n) is 3.26. The smallest absolute Gasteiger partial charge is 0.352 e. The molecule has 0 spiro atoms. The van der Waals surface area contributed by atoms with Gasteiger partial charge in [-0.2, -0.15) is 0 Å². The summed E-state index contributed by atoms with van der Waals surface area (Å²) < 4.78 is 1.45. The Morgan fingerprint density at radius 3 is 2.67 bits per heavy atom. The maximum atomic E-state index is 12.2. The number of carboxylic acid groups (broad SMARTS) is 1. The second-order valence-corrected chi connectivity index (χ2v) is 4.75. The van der Waals surface area contributed by atoms with Crippen molar-refractivity contribution in [3.05, 3.63) is 54.0 Å². The van der Waals surface area contributed by atoms with Gasteiger partial charge < -0.3 is 20.0 Å². The van der Waals surface area contributed by atoms with E-state index >= 15 is 0 Å². The minimum Gasteiger partial charge on any atom is -0.477 e. The summed E-state index contributed by atoms with van der Waals surface area (Å²) in [6.45, 7) is 0. The number of benzene rings is 1. The van der Waals surface area contributed by atoms with E-state index in [0.29, 0.717) is 11.4 Å². The first-order valence-corrected chi connectivity index (χ1v) is 6.33. The Kier molecular flexibility index (Phi) is 2.98. The molecule has 0 atom stereocenters. The van der Waals surface area contributed by atoms with Gasteiger partial charge in [0.05, 0.1) is 5.69 Å². The number of carbonyl (C=O) groups is 2. The summed E-state index contributed by atoms with van der Waals surface area (Å²) in [5.41, 5.74) is 1.86. The highest BCUT2D eigenvalue weighted by atomic mass is 16.4. The number of aryl methyl sites for hydroxylation is 1. The van der Waals surface area contributed by atoms with Crippen molar-refractivity contribution in [2.45, 2.75) is 0 Å². The Morgan fingerprint density at radius 2 is 2.00 bits per heavy atom. The fraction of sp³-hybridized carbons (Fsp3) is 0.0667. The predicted molar refractivity (Wildman–Crippen MR) is 78.6 cm³/mol. The highest BCUT2D eigenvalue weighted by Crippen LogP contribution is 2.17. The summed E-state index contributed by atoms with van der Waals surface area (Å²) in [5.74, 6) is -1.35. The molecule has 106 valence electrons. The first-order chi connectivity index (χ1) is 10.0. The molecule has 0 aliphatic heterocycles. The van der Waals surface area contributed by atoms with Crippen LogP contribution < -0.4 is 5.32 Å². The maximum Gasteiger partial charge on any atom is 0.352 e. The number of hydrogen-bond acceptors (Lipinski definition) is 2. The normalized spacial score (nSPS) is 10.7. The lowest BCUT2D eigenvalue weighted by Gasteiger charge is -1.99. The van der Waals surface area contributed by atoms with Gasteiger partial charge in [0, 0.05) is 24.1 Å². The van der Waals surface area contributed by atoms with Crippen LogP contribution in [0.4, 0.5) is 5.69 Å². The molecular formula is C15H13N3O3. The molecule has 1 amide bonds. The van der Waals surface area contributed by atoms with Crippen molar-refractivity contribution < 1.29 is 14.7 Å². The van der Waals surface area contributed by atoms with Crippen molar-refractivity contribution in [1.29, 1.82) is 0 Å². The van der Waals surface area contributed by atoms with Gasteiger partial charge in [0.1, 0.15) is 11.4 Å². The van der Waals surface area contributed by atoms with E-state index < -0.39 is 5.97 Å². The van der Waals surface area contributed by atoms with Gasteiger partial charge in [-0.05, 0) is 18.2 Å². The van der Waals surface area contributed by atoms with Gasteiger partial charge in [0.25, 0.3) is 5.91 Å². The summed E-state index contributed by atoms with van der Waals surface area (Å²) >= 11 is 0. The van der Waals surface area contributed by atoms with Crippen LogP contribution in [0.2, 0.25) is 0 Å². The molecule has 0 saturated heterocycles. The number of nitrogens with zero attached hydrogens (tertiary/aromatic N) is 1. The van der Waals surface area contributed by atoms with Crippen molar-refractivity contribution in [1.82, 2.24) is 9.55 Å². The van der Waals surface area contributed by atoms with E-state index in [4.69, 9.17) is 5.11 Å². The lowest BCUT2D eigenvalue weighted by atomic mass is 10.2. The van der Waals surface area contributed by atoms with Crippen molar-refractivity contribution in [2.75, 3.05) is 5.32 Å². The van der Waals surface area contributed by atoms with Gasteiger partial charge >= 0.3 is 5.97 Å². The molecule has 0 bridgehead atoms. The Bertz CT molecular complexity index is 812. The highest BCUT2D eigenvalue weighted by Gasteiger charge is 2.14. The van der Waals surface area contributed by atoms with Crippen LogP contribution in [0.1, 0.15) is 21.0 Å². The van der Waals surface area contributed by atoms with Crippen molar-refractivity contribution in [3.63, 3.8) is 0 Å². The number of rotatable bonds is 3. The number of aromatic nitrogens is 2. The molecule has 2 aromatic heterocycles. The average molecular weight is 283 g/mol. The third-order valence-corrected chi connectivity index (χ3v) is 3.26. The van der Waals surface area contributed by atoms with E-state index in [1.165, 1.54) is 10.6 Å². The summed E-state index contributed by atoms with van der Waals surface area (Å²) in [6, 6.07) is 10.8. The molecule has 1 aromatic carbocycles. The van der Waals surface area contributed by atoms with Crippen molar-refractivity contribution in [2.24, 2.45) is 7.05 Å². The van der Waals surface area contributed by atoms with Gasteiger partial charge in [-0.15, -0.1) is 0 Å². The molecule has 0 aliphatic rings. The molecule has 0 unspecified atom stereocenters. The fourth-order valence-electron chi connectivity index (χ4n) is 2.24. The summed E-state index contributed by atoms with van der Waals surface area (Å²) in [7, 11) is 1.61. The van der Waals surface area contributed by atoms with E-state index in [1.807, 2.05) is 24.3 Å². The van der Waals surface area contributed by atoms with Gasteiger partial charge in [-0.3, -0.25) is 4.79 Å². The first-order valence-electron chi connectivity index (χ1n) is 6.33. The van der Waals surface area contributed by atoms with Gasteiger partial charge in [0.2, 0.25) is 0 Å². The molecular weight excluding hydrogens is 270 g/mol. The number of aromatic amines is 1. The van der Waals surface area contributed by atoms with Crippen LogP contribution in [-0.4, -0.2) is 26.5 Å². The van der Waals surface area contributed by atoms with Crippen LogP contribution in [0.3, 0.4) is 0 Å². The Morgan fingerprint density at radius 1 is 1.24 bits per heavy atom. The topological polar surface area (TPSA) is 87.1 Å². The van der Waals surface area contributed by atoms with Gasteiger partial charge in [-0.1, -0.05) is 18.2 Å². The number of amides is 1. The van der Waals surface area contributed by atoms with E-state index in [2.05, 4.69) is 10.3 Å². The van der Waals surface area contributed by atoms with E-state index in [1.54, 1.807) is 19.3 Å². The lowest BCUT2D eigenvalue weighted by Crippen LogP contribution is -2.11. The Labute approximate surface area is 120 Å². The number of nitrogens with one attached hydrogen (secondary N) is 2. The number of H-pyrrole nitrogens is 1. The molecule has 3 rings (SSSR count). The average Bonchev–Trinajstić information content (AvgIpc) is 3.02. The summed E-state index contributed by atoms with van der Waals surface area (Å²) in [5, 5.41) is 12.6.